The fourth-order valence-electron chi connectivity index (χ4n) is 0.448. The maximum Gasteiger partial charge on any atom is 0.0486 e. The molecule has 0 spiro atoms. The van der Waals surface area contributed by atoms with Gasteiger partial charge in [-0.1, -0.05) is 12.2 Å². The molecule has 10 heavy (non-hydrogen) atoms. The fourth-order valence-corrected chi connectivity index (χ4v) is 0.614. The van der Waals surface area contributed by atoms with Crippen molar-refractivity contribution in [1.29, 1.82) is 0 Å². The van der Waals surface area contributed by atoms with Crippen molar-refractivity contribution >= 4 is 11.8 Å². The normalized spacial score (nSPS) is 11.6. The van der Waals surface area contributed by atoms with Gasteiger partial charge in [0.15, 0.2) is 0 Å². The number of hydrogen-bond acceptors (Lipinski definition) is 1. The second-order valence-electron chi connectivity index (χ2n) is 2.69. The van der Waals surface area contributed by atoms with Crippen molar-refractivity contribution in [3.63, 3.8) is 0 Å². The summed E-state index contributed by atoms with van der Waals surface area (Å²) in [4.78, 5) is 0. The number of hydrogen-bond donors (Lipinski definition) is 0. The van der Waals surface area contributed by atoms with Crippen LogP contribution in [0, 0.1) is 0 Å². The molecule has 1 nitrogen and oxygen atoms in total. The lowest BCUT2D eigenvalue weighted by Crippen LogP contribution is -2.34. The van der Waals surface area contributed by atoms with Crippen LogP contribution in [0.3, 0.4) is 0 Å². The molecule has 0 aliphatic heterocycles. The molecule has 0 aliphatic rings. The van der Waals surface area contributed by atoms with Crippen LogP contribution in [-0.4, -0.2) is 16.5 Å². The Hall–Kier alpha value is -0.270. The van der Waals surface area contributed by atoms with E-state index < -0.39 is 0 Å². The van der Waals surface area contributed by atoms with Crippen LogP contribution in [-0.2, 0) is 0 Å². The van der Waals surface area contributed by atoms with E-state index in [4.69, 9.17) is 11.8 Å². The number of nitrogens with zero attached hydrogens (tertiary/aromatic N) is 1. The van der Waals surface area contributed by atoms with Gasteiger partial charge in [0.1, 0.15) is 0 Å². The van der Waals surface area contributed by atoms with Crippen molar-refractivity contribution in [3.05, 3.63) is 25.3 Å². The van der Waals surface area contributed by atoms with E-state index >= 15 is 0 Å². The van der Waals surface area contributed by atoms with Gasteiger partial charge in [0, 0.05) is 12.1 Å². The number of rotatable bonds is 4. The Balaban J connectivity index is 4.02. The van der Waals surface area contributed by atoms with Crippen molar-refractivity contribution in [2.24, 2.45) is 0 Å². The average molecular weight is 160 g/mol. The maximum atomic E-state index is 5.86. The summed E-state index contributed by atoms with van der Waals surface area (Å²) in [6.07, 6.45) is 3.57. The van der Waals surface area contributed by atoms with Crippen molar-refractivity contribution in [3.8, 4) is 0 Å². The molecule has 0 unspecified atom stereocenters. The van der Waals surface area contributed by atoms with Gasteiger partial charge in [-0.25, -0.2) is 4.42 Å². The molecule has 0 saturated heterocycles. The van der Waals surface area contributed by atoms with Crippen molar-refractivity contribution < 1.29 is 0 Å². The Morgan fingerprint density at radius 1 is 1.50 bits per heavy atom. The maximum absolute atomic E-state index is 5.86. The van der Waals surface area contributed by atoms with Crippen molar-refractivity contribution in [2.75, 3.05) is 6.54 Å². The van der Waals surface area contributed by atoms with Crippen LogP contribution >= 0.6 is 11.8 Å². The van der Waals surface area contributed by atoms with E-state index in [9.17, 15) is 0 Å². The van der Waals surface area contributed by atoms with Crippen LogP contribution in [0.2, 0.25) is 0 Å². The predicted octanol–water partition coefficient (Wildman–Crippen LogP) is 2.59. The van der Waals surface area contributed by atoms with Gasteiger partial charge in [-0.15, -0.1) is 13.2 Å². The Labute approximate surface area is 68.1 Å². The Kier molecular flexibility index (Phi) is 3.69. The van der Waals surface area contributed by atoms with E-state index in [1.807, 2.05) is 19.9 Å². The van der Waals surface area contributed by atoms with E-state index in [0.717, 1.165) is 0 Å². The average Bonchev–Trinajstić information content (AvgIpc) is 1.89. The summed E-state index contributed by atoms with van der Waals surface area (Å²) in [5.74, 6) is 0. The summed E-state index contributed by atoms with van der Waals surface area (Å²) < 4.78 is 1.66. The minimum atomic E-state index is -0.157. The molecule has 2 heteroatoms. The molecule has 0 aromatic rings. The highest BCUT2D eigenvalue weighted by Gasteiger charge is 2.19. The lowest BCUT2D eigenvalue weighted by atomic mass is 10.1. The summed E-state index contributed by atoms with van der Waals surface area (Å²) in [7, 11) is 0. The standard InChI is InChI=1S/C8H14ClN/c1-5-7-10(9)8(3,4)6-2/h5-6H,1-2,7H2,3-4H3. The Morgan fingerprint density at radius 3 is 2.30 bits per heavy atom. The molecular formula is C8H14ClN. The second kappa shape index (κ2) is 3.79. The Bertz CT molecular complexity index is 129. The molecule has 0 saturated carbocycles. The van der Waals surface area contributed by atoms with Crippen LogP contribution in [0.25, 0.3) is 0 Å². The van der Waals surface area contributed by atoms with Crippen LogP contribution in [0.15, 0.2) is 25.3 Å². The first-order chi connectivity index (χ1) is 4.54. The van der Waals surface area contributed by atoms with E-state index in [-0.39, 0.29) is 5.54 Å². The molecule has 0 heterocycles. The minimum Gasteiger partial charge on any atom is -0.207 e. The molecule has 0 rings (SSSR count). The van der Waals surface area contributed by atoms with Gasteiger partial charge in [-0.3, -0.25) is 0 Å². The van der Waals surface area contributed by atoms with E-state index in [0.29, 0.717) is 6.54 Å². The quantitative estimate of drug-likeness (QED) is 0.450. The number of halogens is 1. The van der Waals surface area contributed by atoms with Gasteiger partial charge in [0.05, 0.1) is 0 Å². The third kappa shape index (κ3) is 2.54. The summed E-state index contributed by atoms with van der Waals surface area (Å²) in [5.41, 5.74) is -0.157. The molecule has 0 aromatic heterocycles. The van der Waals surface area contributed by atoms with Crippen LogP contribution in [0.5, 0.6) is 0 Å². The lowest BCUT2D eigenvalue weighted by molar-refractivity contribution is 0.323. The summed E-state index contributed by atoms with van der Waals surface area (Å²) >= 11 is 5.86. The smallest absolute Gasteiger partial charge is 0.0486 e. The first-order valence-electron chi connectivity index (χ1n) is 3.22. The van der Waals surface area contributed by atoms with Gasteiger partial charge in [-0.2, -0.15) is 0 Å². The zero-order valence-corrected chi connectivity index (χ0v) is 7.36. The predicted molar refractivity (Wildman–Crippen MR) is 47.0 cm³/mol. The highest BCUT2D eigenvalue weighted by atomic mass is 35.5. The fraction of sp³-hybridized carbons (Fsp3) is 0.500. The molecule has 0 bridgehead atoms. The summed E-state index contributed by atoms with van der Waals surface area (Å²) in [5, 5.41) is 0. The third-order valence-corrected chi connectivity index (χ3v) is 1.99. The first kappa shape index (κ1) is 9.73. The highest BCUT2D eigenvalue weighted by molar-refractivity contribution is 6.14. The highest BCUT2D eigenvalue weighted by Crippen LogP contribution is 2.17. The second-order valence-corrected chi connectivity index (χ2v) is 3.10. The molecule has 0 fully saturated rings. The zero-order valence-electron chi connectivity index (χ0n) is 6.60. The van der Waals surface area contributed by atoms with E-state index in [1.54, 1.807) is 10.5 Å². The molecule has 0 amide bonds. The monoisotopic (exact) mass is 159 g/mol. The first-order valence-corrected chi connectivity index (χ1v) is 3.56. The molecule has 0 radical (unpaired) electrons. The van der Waals surface area contributed by atoms with E-state index in [1.165, 1.54) is 0 Å². The topological polar surface area (TPSA) is 3.24 Å². The van der Waals surface area contributed by atoms with Gasteiger partial charge in [0.2, 0.25) is 0 Å². The largest absolute Gasteiger partial charge is 0.207 e. The van der Waals surface area contributed by atoms with Gasteiger partial charge >= 0.3 is 0 Å². The van der Waals surface area contributed by atoms with Gasteiger partial charge < -0.3 is 0 Å². The van der Waals surface area contributed by atoms with Crippen molar-refractivity contribution in [1.82, 2.24) is 4.42 Å². The lowest BCUT2D eigenvalue weighted by Gasteiger charge is -2.28. The molecule has 0 aliphatic carbocycles. The van der Waals surface area contributed by atoms with Crippen LogP contribution in [0.1, 0.15) is 13.8 Å². The third-order valence-electron chi connectivity index (χ3n) is 1.41. The molecular weight excluding hydrogens is 146 g/mol. The molecule has 58 valence electrons. The molecule has 0 N–H and O–H groups in total. The molecule has 0 aromatic carbocycles. The zero-order chi connectivity index (χ0) is 8.20. The van der Waals surface area contributed by atoms with Gasteiger partial charge in [0.25, 0.3) is 0 Å². The van der Waals surface area contributed by atoms with E-state index in [2.05, 4.69) is 13.2 Å². The van der Waals surface area contributed by atoms with Crippen LogP contribution in [0.4, 0.5) is 0 Å². The SMILES string of the molecule is C=CCN(Cl)C(C)(C)C=C. The van der Waals surface area contributed by atoms with Gasteiger partial charge in [-0.05, 0) is 25.6 Å². The summed E-state index contributed by atoms with van der Waals surface area (Å²) in [6.45, 7) is 11.9. The van der Waals surface area contributed by atoms with Crippen molar-refractivity contribution in [2.45, 2.75) is 19.4 Å². The Morgan fingerprint density at radius 2 is 2.00 bits per heavy atom. The van der Waals surface area contributed by atoms with Crippen LogP contribution < -0.4 is 0 Å². The molecule has 0 atom stereocenters. The minimum absolute atomic E-state index is 0.157. The summed E-state index contributed by atoms with van der Waals surface area (Å²) in [6, 6.07) is 0.